The van der Waals surface area contributed by atoms with E-state index in [9.17, 15) is 5.11 Å². The first-order valence-corrected chi connectivity index (χ1v) is 5.47. The average molecular weight is 173 g/mol. The predicted molar refractivity (Wildman–Crippen MR) is 47.6 cm³/mol. The Morgan fingerprint density at radius 3 is 3.00 bits per heavy atom. The summed E-state index contributed by atoms with van der Waals surface area (Å²) in [6.45, 7) is 0. The van der Waals surface area contributed by atoms with Gasteiger partial charge < -0.3 is 5.11 Å². The largest absolute Gasteiger partial charge is 0.378 e. The van der Waals surface area contributed by atoms with Crippen LogP contribution in [-0.4, -0.2) is 28.4 Å². The summed E-state index contributed by atoms with van der Waals surface area (Å²) in [5.41, 5.74) is 0. The third-order valence-corrected chi connectivity index (χ3v) is 4.08. The van der Waals surface area contributed by atoms with Gasteiger partial charge in [-0.15, -0.1) is 0 Å². The third-order valence-electron chi connectivity index (χ3n) is 2.58. The highest BCUT2D eigenvalue weighted by Gasteiger charge is 2.30. The molecule has 11 heavy (non-hydrogen) atoms. The molecule has 1 aliphatic heterocycles. The molecule has 0 radical (unpaired) electrons. The number of nitrogens with one attached hydrogen (secondary N) is 1. The van der Waals surface area contributed by atoms with Crippen molar-refractivity contribution in [2.75, 3.05) is 5.75 Å². The van der Waals surface area contributed by atoms with Crippen LogP contribution >= 0.6 is 11.8 Å². The van der Waals surface area contributed by atoms with Crippen molar-refractivity contribution in [1.29, 1.82) is 0 Å². The number of hydrogen-bond acceptors (Lipinski definition) is 3. The fourth-order valence-corrected chi connectivity index (χ4v) is 3.30. The van der Waals surface area contributed by atoms with Crippen molar-refractivity contribution < 1.29 is 5.11 Å². The normalized spacial score (nSPS) is 45.0. The first-order chi connectivity index (χ1) is 5.36. The number of hydrogen-bond donors (Lipinski definition) is 2. The summed E-state index contributed by atoms with van der Waals surface area (Å²) >= 11 is 1.94. The zero-order valence-corrected chi connectivity index (χ0v) is 7.44. The minimum Gasteiger partial charge on any atom is -0.378 e. The minimum absolute atomic E-state index is 0.251. The zero-order valence-electron chi connectivity index (χ0n) is 6.62. The maximum Gasteiger partial charge on any atom is 0.114 e. The van der Waals surface area contributed by atoms with E-state index < -0.39 is 0 Å². The van der Waals surface area contributed by atoms with Crippen LogP contribution in [0, 0.1) is 0 Å². The van der Waals surface area contributed by atoms with Crippen LogP contribution in [-0.2, 0) is 0 Å². The lowest BCUT2D eigenvalue weighted by atomic mass is 9.94. The molecule has 0 spiro atoms. The summed E-state index contributed by atoms with van der Waals surface area (Å²) in [6, 6.07) is 0.595. The monoisotopic (exact) mass is 173 g/mol. The molecule has 2 nitrogen and oxygen atoms in total. The van der Waals surface area contributed by atoms with Crippen molar-refractivity contribution in [3.63, 3.8) is 0 Å². The molecule has 2 aliphatic rings. The molecule has 64 valence electrons. The van der Waals surface area contributed by atoms with Crippen molar-refractivity contribution in [2.24, 2.45) is 0 Å². The molecule has 3 heteroatoms. The van der Waals surface area contributed by atoms with Gasteiger partial charge in [-0.05, 0) is 12.8 Å². The molecule has 3 atom stereocenters. The van der Waals surface area contributed by atoms with E-state index in [2.05, 4.69) is 5.32 Å². The maximum atomic E-state index is 9.32. The SMILES string of the molecule is OC1CSC2CCCCC2N1. The molecular formula is C8H15NOS. The van der Waals surface area contributed by atoms with E-state index in [0.29, 0.717) is 6.04 Å². The molecule has 1 saturated carbocycles. The van der Waals surface area contributed by atoms with Crippen LogP contribution in [0.15, 0.2) is 0 Å². The maximum absolute atomic E-state index is 9.32. The van der Waals surface area contributed by atoms with Gasteiger partial charge in [-0.3, -0.25) is 5.32 Å². The lowest BCUT2D eigenvalue weighted by molar-refractivity contribution is 0.129. The van der Waals surface area contributed by atoms with Gasteiger partial charge in [0.1, 0.15) is 6.23 Å². The summed E-state index contributed by atoms with van der Waals surface area (Å²) in [4.78, 5) is 0. The number of rotatable bonds is 0. The van der Waals surface area contributed by atoms with Gasteiger partial charge in [0, 0.05) is 17.0 Å². The molecule has 0 aromatic carbocycles. The molecule has 0 bridgehead atoms. The number of aliphatic hydroxyl groups is 1. The number of fused-ring (bicyclic) bond motifs is 1. The lowest BCUT2D eigenvalue weighted by Gasteiger charge is -2.38. The minimum atomic E-state index is -0.251. The molecule has 0 aromatic heterocycles. The molecule has 1 aliphatic carbocycles. The Morgan fingerprint density at radius 2 is 2.09 bits per heavy atom. The molecule has 3 unspecified atom stereocenters. The predicted octanol–water partition coefficient (Wildman–Crippen LogP) is 0.952. The Kier molecular flexibility index (Phi) is 2.39. The van der Waals surface area contributed by atoms with E-state index in [-0.39, 0.29) is 6.23 Å². The van der Waals surface area contributed by atoms with Crippen molar-refractivity contribution in [3.8, 4) is 0 Å². The molecular weight excluding hydrogens is 158 g/mol. The van der Waals surface area contributed by atoms with E-state index in [1.165, 1.54) is 25.7 Å². The first kappa shape index (κ1) is 7.90. The summed E-state index contributed by atoms with van der Waals surface area (Å²) < 4.78 is 0. The van der Waals surface area contributed by atoms with Gasteiger partial charge >= 0.3 is 0 Å². The Morgan fingerprint density at radius 1 is 1.27 bits per heavy atom. The van der Waals surface area contributed by atoms with E-state index >= 15 is 0 Å². The second-order valence-corrected chi connectivity index (χ2v) is 4.72. The van der Waals surface area contributed by atoms with Gasteiger partial charge in [0.05, 0.1) is 0 Å². The van der Waals surface area contributed by atoms with Crippen LogP contribution in [0.5, 0.6) is 0 Å². The van der Waals surface area contributed by atoms with Crippen LogP contribution in [0.3, 0.4) is 0 Å². The van der Waals surface area contributed by atoms with Gasteiger partial charge in [-0.25, -0.2) is 0 Å². The van der Waals surface area contributed by atoms with Crippen molar-refractivity contribution in [3.05, 3.63) is 0 Å². The third kappa shape index (κ3) is 1.71. The quantitative estimate of drug-likeness (QED) is 0.572. The second-order valence-electron chi connectivity index (χ2n) is 3.45. The highest BCUT2D eigenvalue weighted by molar-refractivity contribution is 8.00. The molecule has 1 saturated heterocycles. The fourth-order valence-electron chi connectivity index (χ4n) is 2.00. The molecule has 0 amide bonds. The molecule has 2 N–H and O–H groups in total. The standard InChI is InChI=1S/C8H15NOS/c10-8-5-11-7-4-2-1-3-6(7)9-8/h6-10H,1-5H2. The van der Waals surface area contributed by atoms with Crippen LogP contribution in [0.25, 0.3) is 0 Å². The van der Waals surface area contributed by atoms with Crippen molar-refractivity contribution in [2.45, 2.75) is 43.2 Å². The highest BCUT2D eigenvalue weighted by Crippen LogP contribution is 2.31. The Hall–Kier alpha value is 0.270. The highest BCUT2D eigenvalue weighted by atomic mass is 32.2. The molecule has 0 aromatic rings. The summed E-state index contributed by atoms with van der Waals surface area (Å²) in [5.74, 6) is 0.876. The second kappa shape index (κ2) is 3.33. The topological polar surface area (TPSA) is 32.3 Å². The first-order valence-electron chi connectivity index (χ1n) is 4.42. The fraction of sp³-hybridized carbons (Fsp3) is 1.00. The van der Waals surface area contributed by atoms with E-state index in [4.69, 9.17) is 0 Å². The number of aliphatic hydroxyl groups excluding tert-OH is 1. The Bertz CT molecular complexity index is 142. The summed E-state index contributed by atoms with van der Waals surface area (Å²) in [6.07, 6.45) is 5.07. The van der Waals surface area contributed by atoms with Gasteiger partial charge in [0.2, 0.25) is 0 Å². The van der Waals surface area contributed by atoms with E-state index in [0.717, 1.165) is 11.0 Å². The average Bonchev–Trinajstić information content (AvgIpc) is 2.04. The van der Waals surface area contributed by atoms with Gasteiger partial charge in [0.15, 0.2) is 0 Å². The van der Waals surface area contributed by atoms with Crippen LogP contribution < -0.4 is 5.32 Å². The van der Waals surface area contributed by atoms with Gasteiger partial charge in [0.25, 0.3) is 0 Å². The Labute approximate surface area is 71.7 Å². The van der Waals surface area contributed by atoms with Crippen LogP contribution in [0.4, 0.5) is 0 Å². The van der Waals surface area contributed by atoms with Gasteiger partial charge in [-0.2, -0.15) is 11.8 Å². The molecule has 2 fully saturated rings. The molecule has 1 heterocycles. The molecule has 2 rings (SSSR count). The van der Waals surface area contributed by atoms with E-state index in [1.807, 2.05) is 11.8 Å². The van der Waals surface area contributed by atoms with Crippen molar-refractivity contribution >= 4 is 11.8 Å². The zero-order chi connectivity index (χ0) is 7.68. The van der Waals surface area contributed by atoms with Gasteiger partial charge in [-0.1, -0.05) is 12.8 Å². The Balaban J connectivity index is 1.93. The smallest absolute Gasteiger partial charge is 0.114 e. The van der Waals surface area contributed by atoms with E-state index in [1.54, 1.807) is 0 Å². The van der Waals surface area contributed by atoms with Crippen LogP contribution in [0.2, 0.25) is 0 Å². The summed E-state index contributed by atoms with van der Waals surface area (Å²) in [5, 5.41) is 13.4. The van der Waals surface area contributed by atoms with Crippen LogP contribution in [0.1, 0.15) is 25.7 Å². The lowest BCUT2D eigenvalue weighted by Crippen LogP contribution is -2.51. The number of thioether (sulfide) groups is 1. The summed E-state index contributed by atoms with van der Waals surface area (Å²) in [7, 11) is 0. The van der Waals surface area contributed by atoms with Crippen molar-refractivity contribution in [1.82, 2.24) is 5.32 Å².